The predicted molar refractivity (Wildman–Crippen MR) is 74.0 cm³/mol. The molecule has 18 heavy (non-hydrogen) atoms. The number of primary amides is 1. The third-order valence-electron chi connectivity index (χ3n) is 4.19. The van der Waals surface area contributed by atoms with Gasteiger partial charge in [0.25, 0.3) is 0 Å². The first-order valence-electron chi connectivity index (χ1n) is 7.03. The van der Waals surface area contributed by atoms with Crippen LogP contribution in [-0.2, 0) is 9.59 Å². The fourth-order valence-electron chi connectivity index (χ4n) is 2.68. The minimum Gasteiger partial charge on any atom is -0.370 e. The summed E-state index contributed by atoms with van der Waals surface area (Å²) in [7, 11) is 0. The fraction of sp³-hybridized carbons (Fsp3) is 0.857. The topological polar surface area (TPSA) is 72.2 Å². The molecule has 0 saturated carbocycles. The van der Waals surface area contributed by atoms with E-state index in [2.05, 4.69) is 33.0 Å². The van der Waals surface area contributed by atoms with E-state index in [0.717, 1.165) is 25.7 Å². The van der Waals surface area contributed by atoms with Gasteiger partial charge in [0, 0.05) is 18.9 Å². The summed E-state index contributed by atoms with van der Waals surface area (Å²) in [5, 5.41) is 3.07. The number of nitrogens with one attached hydrogen (secondary N) is 1. The van der Waals surface area contributed by atoms with Crippen molar-refractivity contribution in [1.29, 1.82) is 0 Å². The van der Waals surface area contributed by atoms with Crippen molar-refractivity contribution < 1.29 is 9.59 Å². The highest BCUT2D eigenvalue weighted by atomic mass is 16.2. The van der Waals surface area contributed by atoms with E-state index >= 15 is 0 Å². The van der Waals surface area contributed by atoms with Crippen molar-refractivity contribution in [2.24, 2.45) is 11.1 Å². The van der Waals surface area contributed by atoms with Crippen molar-refractivity contribution in [3.8, 4) is 0 Å². The molecule has 1 unspecified atom stereocenters. The van der Waals surface area contributed by atoms with Crippen LogP contribution in [0.25, 0.3) is 0 Å². The molecule has 0 aromatic rings. The smallest absolute Gasteiger partial charge is 0.220 e. The van der Waals surface area contributed by atoms with E-state index in [1.165, 1.54) is 0 Å². The number of nitrogens with two attached hydrogens (primary N) is 1. The van der Waals surface area contributed by atoms with Crippen molar-refractivity contribution in [2.75, 3.05) is 0 Å². The Morgan fingerprint density at radius 2 is 1.56 bits per heavy atom. The van der Waals surface area contributed by atoms with Crippen molar-refractivity contribution in [3.63, 3.8) is 0 Å². The fourth-order valence-corrected chi connectivity index (χ4v) is 2.68. The number of rotatable bonds is 9. The summed E-state index contributed by atoms with van der Waals surface area (Å²) in [6, 6.07) is 0.179. The molecule has 0 saturated heterocycles. The summed E-state index contributed by atoms with van der Waals surface area (Å²) in [4.78, 5) is 22.5. The molecule has 0 aromatic carbocycles. The van der Waals surface area contributed by atoms with Gasteiger partial charge < -0.3 is 11.1 Å². The van der Waals surface area contributed by atoms with E-state index in [1.807, 2.05) is 0 Å². The van der Waals surface area contributed by atoms with Crippen LogP contribution in [0.1, 0.15) is 66.2 Å². The molecule has 0 spiro atoms. The molecule has 4 heteroatoms. The molecule has 3 N–H and O–H groups in total. The molecule has 0 radical (unpaired) electrons. The Morgan fingerprint density at radius 3 is 1.89 bits per heavy atom. The minimum absolute atomic E-state index is 0.0691. The van der Waals surface area contributed by atoms with E-state index in [-0.39, 0.29) is 30.2 Å². The molecule has 1 atom stereocenters. The van der Waals surface area contributed by atoms with E-state index in [1.54, 1.807) is 0 Å². The Hall–Kier alpha value is -1.06. The van der Waals surface area contributed by atoms with E-state index in [0.29, 0.717) is 0 Å². The Balaban J connectivity index is 4.57. The zero-order chi connectivity index (χ0) is 14.2. The van der Waals surface area contributed by atoms with E-state index in [4.69, 9.17) is 5.73 Å². The molecule has 0 rings (SSSR count). The molecule has 0 bridgehead atoms. The van der Waals surface area contributed by atoms with Crippen LogP contribution < -0.4 is 11.1 Å². The van der Waals surface area contributed by atoms with Gasteiger partial charge in [-0.15, -0.1) is 0 Å². The lowest BCUT2D eigenvalue weighted by molar-refractivity contribution is -0.126. The summed E-state index contributed by atoms with van der Waals surface area (Å²) in [5.74, 6) is -0.494. The molecular formula is C14H28N2O2. The molecule has 0 aliphatic rings. The van der Waals surface area contributed by atoms with Gasteiger partial charge in [-0.3, -0.25) is 9.59 Å². The molecule has 0 aromatic heterocycles. The monoisotopic (exact) mass is 256 g/mol. The third-order valence-corrected chi connectivity index (χ3v) is 4.19. The highest BCUT2D eigenvalue weighted by Gasteiger charge is 2.33. The second kappa shape index (κ2) is 8.11. The third kappa shape index (κ3) is 4.67. The average Bonchev–Trinajstić information content (AvgIpc) is 2.37. The number of hydrogen-bond donors (Lipinski definition) is 2. The molecule has 0 heterocycles. The zero-order valence-corrected chi connectivity index (χ0v) is 12.2. The zero-order valence-electron chi connectivity index (χ0n) is 12.2. The standard InChI is InChI=1S/C14H28N2O2/c1-5-11(14(6-2,7-3)8-4)16-13(18)10-9-12(15)17/h11H,5-10H2,1-4H3,(H2,15,17)(H,16,18). The number of carbonyl (C=O) groups is 2. The average molecular weight is 256 g/mol. The summed E-state index contributed by atoms with van der Waals surface area (Å²) >= 11 is 0. The Morgan fingerprint density at radius 1 is 1.06 bits per heavy atom. The summed E-state index contributed by atoms with van der Waals surface area (Å²) in [6.07, 6.45) is 4.38. The summed E-state index contributed by atoms with van der Waals surface area (Å²) in [6.45, 7) is 8.61. The van der Waals surface area contributed by atoms with Crippen LogP contribution in [-0.4, -0.2) is 17.9 Å². The van der Waals surface area contributed by atoms with E-state index < -0.39 is 5.91 Å². The van der Waals surface area contributed by atoms with Crippen molar-refractivity contribution in [1.82, 2.24) is 5.32 Å². The molecule has 0 fully saturated rings. The molecule has 0 aliphatic heterocycles. The van der Waals surface area contributed by atoms with Crippen molar-refractivity contribution >= 4 is 11.8 Å². The maximum Gasteiger partial charge on any atom is 0.220 e. The van der Waals surface area contributed by atoms with Crippen LogP contribution >= 0.6 is 0 Å². The molecule has 0 aliphatic carbocycles. The minimum atomic E-state index is -0.425. The van der Waals surface area contributed by atoms with Crippen LogP contribution in [0.5, 0.6) is 0 Å². The largest absolute Gasteiger partial charge is 0.370 e. The van der Waals surface area contributed by atoms with Gasteiger partial charge in [-0.25, -0.2) is 0 Å². The Bertz CT molecular complexity index is 265. The van der Waals surface area contributed by atoms with Gasteiger partial charge >= 0.3 is 0 Å². The first-order valence-corrected chi connectivity index (χ1v) is 7.03. The predicted octanol–water partition coefficient (Wildman–Crippen LogP) is 2.36. The van der Waals surface area contributed by atoms with Crippen molar-refractivity contribution in [2.45, 2.75) is 72.3 Å². The number of hydrogen-bond acceptors (Lipinski definition) is 2. The van der Waals surface area contributed by atoms with Crippen molar-refractivity contribution in [3.05, 3.63) is 0 Å². The van der Waals surface area contributed by atoms with Gasteiger partial charge in [-0.2, -0.15) is 0 Å². The van der Waals surface area contributed by atoms with Gasteiger partial charge in [0.2, 0.25) is 11.8 Å². The lowest BCUT2D eigenvalue weighted by Gasteiger charge is -2.39. The number of carbonyl (C=O) groups excluding carboxylic acids is 2. The van der Waals surface area contributed by atoms with Gasteiger partial charge in [0.1, 0.15) is 0 Å². The maximum absolute atomic E-state index is 11.8. The second-order valence-corrected chi connectivity index (χ2v) is 4.92. The quantitative estimate of drug-likeness (QED) is 0.664. The van der Waals surface area contributed by atoms with Gasteiger partial charge in [-0.1, -0.05) is 27.7 Å². The van der Waals surface area contributed by atoms with Crippen LogP contribution in [0.2, 0.25) is 0 Å². The SMILES string of the molecule is CCC(NC(=O)CCC(N)=O)C(CC)(CC)CC. The van der Waals surface area contributed by atoms with Gasteiger partial charge in [0.15, 0.2) is 0 Å². The molecule has 106 valence electrons. The first kappa shape index (κ1) is 16.9. The van der Waals surface area contributed by atoms with E-state index in [9.17, 15) is 9.59 Å². The van der Waals surface area contributed by atoms with Crippen LogP contribution in [0, 0.1) is 5.41 Å². The molecule has 4 nitrogen and oxygen atoms in total. The van der Waals surface area contributed by atoms with Crippen LogP contribution in [0.3, 0.4) is 0 Å². The Kier molecular flexibility index (Phi) is 7.64. The van der Waals surface area contributed by atoms with Gasteiger partial charge in [0.05, 0.1) is 0 Å². The summed E-state index contributed by atoms with van der Waals surface area (Å²) < 4.78 is 0. The normalized spacial score (nSPS) is 13.1. The summed E-state index contributed by atoms with van der Waals surface area (Å²) in [5.41, 5.74) is 5.21. The highest BCUT2D eigenvalue weighted by molar-refractivity contribution is 5.82. The molecular weight excluding hydrogens is 228 g/mol. The highest BCUT2D eigenvalue weighted by Crippen LogP contribution is 2.35. The van der Waals surface area contributed by atoms with Crippen LogP contribution in [0.4, 0.5) is 0 Å². The first-order chi connectivity index (χ1) is 8.45. The van der Waals surface area contributed by atoms with Gasteiger partial charge in [-0.05, 0) is 31.1 Å². The van der Waals surface area contributed by atoms with Crippen LogP contribution in [0.15, 0.2) is 0 Å². The molecule has 2 amide bonds. The maximum atomic E-state index is 11.8. The lowest BCUT2D eigenvalue weighted by Crippen LogP contribution is -2.47. The number of amides is 2. The second-order valence-electron chi connectivity index (χ2n) is 4.92. The lowest BCUT2D eigenvalue weighted by atomic mass is 9.72. The Labute approximate surface area is 111 Å².